The zero-order valence-electron chi connectivity index (χ0n) is 65.4. The van der Waals surface area contributed by atoms with Gasteiger partial charge < -0.3 is 18.3 Å². The highest BCUT2D eigenvalue weighted by Gasteiger charge is 2.42. The van der Waals surface area contributed by atoms with Gasteiger partial charge in [-0.2, -0.15) is 36.9 Å². The lowest BCUT2D eigenvalue weighted by Crippen LogP contribution is -2.16. The number of halogens is 6. The standard InChI is InChI=1S/2C48H32F3N9/c1-26-53-27(2)56-46(55-26)32-16-18-41-37(21-32)35-12-5-7-14-39(35)59(41)43-23-34(31-11-9-10-30(20-31)25-52)24-44(45(43)48(49,50)51)60-40-15-8-6-13-36(40)38-22-33(17-19-42(38)60)47-57-28(3)54-29(4)58-47;1-26-53-27(2)56-46(55-26)32-16-18-37-35-12-5-7-14-39(35)59(41(37)21-32)43-23-34(31-11-9-10-30(20-31)25-52)24-44(45(43)48(49,50)51)60-40-15-8-6-13-36(40)38-19-17-33(22-42(38)60)47-57-28(3)54-29(4)58-47/h2*5-24H,1-4H3. The summed E-state index contributed by atoms with van der Waals surface area (Å²) < 4.78 is 105. The third-order valence-electron chi connectivity index (χ3n) is 21.5. The van der Waals surface area contributed by atoms with Gasteiger partial charge in [0, 0.05) is 65.3 Å². The number of nitriles is 2. The van der Waals surface area contributed by atoms with Crippen LogP contribution in [0.4, 0.5) is 26.3 Å². The maximum absolute atomic E-state index is 16.5. The molecule has 0 bridgehead atoms. The van der Waals surface area contributed by atoms with Crippen LogP contribution in [0.25, 0.3) is 178 Å². The lowest BCUT2D eigenvalue weighted by Gasteiger charge is -2.23. The van der Waals surface area contributed by atoms with Crippen molar-refractivity contribution in [1.29, 1.82) is 10.5 Å². The minimum atomic E-state index is -4.87. The van der Waals surface area contributed by atoms with Crippen molar-refractivity contribution in [3.8, 4) is 103 Å². The Morgan fingerprint density at radius 3 is 0.767 bits per heavy atom. The summed E-state index contributed by atoms with van der Waals surface area (Å²) in [7, 11) is 0. The highest BCUT2D eigenvalue weighted by atomic mass is 19.4. The van der Waals surface area contributed by atoms with Crippen molar-refractivity contribution in [2.45, 2.75) is 67.7 Å². The third kappa shape index (κ3) is 13.0. The summed E-state index contributed by atoms with van der Waals surface area (Å²) in [6, 6.07) is 76.8. The smallest absolute Gasteiger partial charge is 0.309 e. The number of hydrogen-bond acceptors (Lipinski definition) is 14. The Morgan fingerprint density at radius 2 is 0.475 bits per heavy atom. The number of alkyl halides is 6. The van der Waals surface area contributed by atoms with Crippen molar-refractivity contribution in [3.63, 3.8) is 0 Å². The van der Waals surface area contributed by atoms with Crippen LogP contribution in [-0.2, 0) is 12.4 Å². The monoisotopic (exact) mass is 1580 g/mol. The van der Waals surface area contributed by atoms with E-state index in [1.165, 1.54) is 0 Å². The molecule has 12 aromatic carbocycles. The lowest BCUT2D eigenvalue weighted by molar-refractivity contribution is -0.138. The average molecular weight is 1580 g/mol. The molecule has 0 unspecified atom stereocenters. The van der Waals surface area contributed by atoms with E-state index >= 15 is 26.3 Å². The Labute approximate surface area is 680 Å². The van der Waals surface area contributed by atoms with Crippen LogP contribution in [0.1, 0.15) is 68.8 Å². The van der Waals surface area contributed by atoms with Gasteiger partial charge in [0.15, 0.2) is 23.3 Å². The number of hydrogen-bond donors (Lipinski definition) is 0. The Kier molecular flexibility index (Phi) is 17.8. The molecule has 20 rings (SSSR count). The van der Waals surface area contributed by atoms with Gasteiger partial charge in [0.1, 0.15) is 57.7 Å². The van der Waals surface area contributed by atoms with Crippen LogP contribution in [0.15, 0.2) is 243 Å². The summed E-state index contributed by atoms with van der Waals surface area (Å²) in [5.74, 6) is 6.19. The van der Waals surface area contributed by atoms with E-state index in [9.17, 15) is 10.5 Å². The fraction of sp³-hybridized carbons (Fsp3) is 0.104. The summed E-state index contributed by atoms with van der Waals surface area (Å²) in [5.41, 5.74) is 8.17. The molecule has 8 aromatic heterocycles. The maximum Gasteiger partial charge on any atom is 0.420 e. The van der Waals surface area contributed by atoms with Crippen molar-refractivity contribution < 1.29 is 26.3 Å². The molecule has 0 fully saturated rings. The van der Waals surface area contributed by atoms with Gasteiger partial charge in [0.25, 0.3) is 0 Å². The second-order valence-electron chi connectivity index (χ2n) is 29.5. The molecule has 0 saturated heterocycles. The minimum Gasteiger partial charge on any atom is -0.309 e. The second kappa shape index (κ2) is 28.7. The van der Waals surface area contributed by atoms with E-state index in [-0.39, 0.29) is 22.7 Å². The van der Waals surface area contributed by atoms with Gasteiger partial charge in [-0.05, 0) is 199 Å². The van der Waals surface area contributed by atoms with Crippen molar-refractivity contribution in [3.05, 3.63) is 312 Å². The quantitative estimate of drug-likeness (QED) is 0.116. The van der Waals surface area contributed by atoms with Crippen LogP contribution < -0.4 is 0 Å². The van der Waals surface area contributed by atoms with Gasteiger partial charge in [-0.15, -0.1) is 0 Å². The molecule has 0 spiro atoms. The van der Waals surface area contributed by atoms with Crippen molar-refractivity contribution >= 4 is 87.2 Å². The second-order valence-corrected chi connectivity index (χ2v) is 29.5. The molecule has 24 heteroatoms. The molecule has 0 atom stereocenters. The Balaban J connectivity index is 0.000000159. The van der Waals surface area contributed by atoms with Crippen LogP contribution in [-0.4, -0.2) is 78.1 Å². The molecule has 0 aliphatic rings. The summed E-state index contributed by atoms with van der Waals surface area (Å²) >= 11 is 0. The number of aryl methyl sites for hydroxylation is 8. The molecular weight excluding hydrogens is 1520 g/mol. The normalized spacial score (nSPS) is 11.9. The van der Waals surface area contributed by atoms with Gasteiger partial charge >= 0.3 is 12.4 Å². The molecule has 120 heavy (non-hydrogen) atoms. The first-order valence-corrected chi connectivity index (χ1v) is 38.3. The predicted molar refractivity (Wildman–Crippen MR) is 454 cm³/mol. The third-order valence-corrected chi connectivity index (χ3v) is 21.5. The first kappa shape index (κ1) is 74.5. The van der Waals surface area contributed by atoms with Gasteiger partial charge in [-0.3, -0.25) is 0 Å². The van der Waals surface area contributed by atoms with Crippen LogP contribution >= 0.6 is 0 Å². The lowest BCUT2D eigenvalue weighted by atomic mass is 9.98. The topological polar surface area (TPSA) is 222 Å². The fourth-order valence-electron chi connectivity index (χ4n) is 16.8. The SMILES string of the molecule is Cc1nc(C)nc(-c2ccc3c(c2)c2ccccc2n3-c2cc(-c3cccc(C#N)c3)cc(-n3c4ccccc4c4cc(-c5nc(C)nc(C)n5)ccc43)c2C(F)(F)F)n1.Cc1nc(C)nc(-c2ccc3c4ccccc4n(-c4cc(-c5cccc(C#N)c5)cc(-n5c6ccccc6c6ccc(-c7nc(C)nc(C)n7)cc65)c4C(F)(F)F)c3c2)n1. The molecule has 0 amide bonds. The minimum absolute atomic E-state index is 0.0677. The molecule has 0 aliphatic carbocycles. The first-order chi connectivity index (χ1) is 57.9. The van der Waals surface area contributed by atoms with E-state index in [1.807, 2.05) is 182 Å². The van der Waals surface area contributed by atoms with Gasteiger partial charge in [0.05, 0.1) is 90.1 Å². The van der Waals surface area contributed by atoms with E-state index in [1.54, 1.807) is 134 Å². The maximum atomic E-state index is 16.5. The van der Waals surface area contributed by atoms with Gasteiger partial charge in [0.2, 0.25) is 0 Å². The number of benzene rings is 12. The molecule has 20 aromatic rings. The summed E-state index contributed by atoms with van der Waals surface area (Å²) in [6.45, 7) is 14.3. The fourth-order valence-corrected chi connectivity index (χ4v) is 16.8. The molecule has 18 nitrogen and oxygen atoms in total. The Morgan fingerprint density at radius 1 is 0.225 bits per heavy atom. The Hall–Kier alpha value is -15.6. The molecule has 0 aliphatic heterocycles. The zero-order valence-corrected chi connectivity index (χ0v) is 65.4. The number of rotatable bonds is 10. The number of fused-ring (bicyclic) bond motifs is 12. The van der Waals surface area contributed by atoms with Crippen molar-refractivity contribution in [2.75, 3.05) is 0 Å². The largest absolute Gasteiger partial charge is 0.420 e. The van der Waals surface area contributed by atoms with Crippen molar-refractivity contribution in [2.24, 2.45) is 0 Å². The highest BCUT2D eigenvalue weighted by Crippen LogP contribution is 2.50. The number of para-hydroxylation sites is 4. The summed E-state index contributed by atoms with van der Waals surface area (Å²) in [6.07, 6.45) is -9.71. The molecule has 0 N–H and O–H groups in total. The highest BCUT2D eigenvalue weighted by molar-refractivity contribution is 6.15. The molecule has 0 radical (unpaired) electrons. The van der Waals surface area contributed by atoms with E-state index in [0.717, 1.165) is 43.1 Å². The van der Waals surface area contributed by atoms with Crippen LogP contribution in [0.2, 0.25) is 0 Å². The molecular formula is C96H64F6N18. The van der Waals surface area contributed by atoms with Crippen LogP contribution in [0.5, 0.6) is 0 Å². The number of nitrogens with zero attached hydrogens (tertiary/aromatic N) is 18. The van der Waals surface area contributed by atoms with Crippen LogP contribution in [0, 0.1) is 78.1 Å². The Bertz CT molecular complexity index is 7350. The first-order valence-electron chi connectivity index (χ1n) is 38.3. The molecule has 8 heterocycles. The van der Waals surface area contributed by atoms with Gasteiger partial charge in [-0.1, -0.05) is 121 Å². The van der Waals surface area contributed by atoms with Crippen molar-refractivity contribution in [1.82, 2.24) is 78.1 Å². The average Bonchev–Trinajstić information content (AvgIpc) is 1.55. The van der Waals surface area contributed by atoms with E-state index < -0.39 is 23.5 Å². The predicted octanol–water partition coefficient (Wildman–Crippen LogP) is 22.8. The molecule has 0 saturated carbocycles. The van der Waals surface area contributed by atoms with Crippen LogP contribution in [0.3, 0.4) is 0 Å². The zero-order chi connectivity index (χ0) is 82.9. The van der Waals surface area contributed by atoms with E-state index in [0.29, 0.717) is 170 Å². The number of aromatic nitrogens is 16. The summed E-state index contributed by atoms with van der Waals surface area (Å²) in [4.78, 5) is 53.9. The van der Waals surface area contributed by atoms with Gasteiger partial charge in [-0.25, -0.2) is 59.8 Å². The van der Waals surface area contributed by atoms with E-state index in [4.69, 9.17) is 0 Å². The molecule has 580 valence electrons. The van der Waals surface area contributed by atoms with E-state index in [2.05, 4.69) is 71.9 Å². The summed E-state index contributed by atoms with van der Waals surface area (Å²) in [5, 5.41) is 25.9.